The maximum Gasteiger partial charge on any atom is 0.257 e. The first-order chi connectivity index (χ1) is 13.4. The average Bonchev–Trinajstić information content (AvgIpc) is 2.72. The summed E-state index contributed by atoms with van der Waals surface area (Å²) in [5, 5.41) is 1.77. The average molecular weight is 439 g/mol. The van der Waals surface area contributed by atoms with Crippen LogP contribution in [0.5, 0.6) is 0 Å². The molecule has 2 aliphatic rings. The molecule has 9 heteroatoms. The molecule has 1 atom stereocenters. The molecule has 4 rings (SSSR count). The first-order valence-corrected chi connectivity index (χ1v) is 10.9. The highest BCUT2D eigenvalue weighted by Crippen LogP contribution is 2.29. The van der Waals surface area contributed by atoms with Gasteiger partial charge in [-0.3, -0.25) is 14.2 Å². The summed E-state index contributed by atoms with van der Waals surface area (Å²) in [7, 11) is 0. The third-order valence-electron chi connectivity index (χ3n) is 5.21. The Balaban J connectivity index is 1.41. The van der Waals surface area contributed by atoms with Gasteiger partial charge in [0.05, 0.1) is 16.0 Å². The molecule has 0 radical (unpaired) electrons. The van der Waals surface area contributed by atoms with Crippen molar-refractivity contribution in [3.63, 3.8) is 0 Å². The van der Waals surface area contributed by atoms with Crippen molar-refractivity contribution in [2.75, 3.05) is 36.8 Å². The first-order valence-electron chi connectivity index (χ1n) is 9.12. The molecule has 2 aromatic rings. The number of amides is 1. The molecule has 0 spiro atoms. The fraction of sp³-hybridized carbons (Fsp3) is 0.421. The molecule has 0 aliphatic carbocycles. The lowest BCUT2D eigenvalue weighted by molar-refractivity contribution is -0.135. The number of hydrogen-bond acceptors (Lipinski definition) is 5. The lowest BCUT2D eigenvalue weighted by atomic mass is 10.1. The van der Waals surface area contributed by atoms with Crippen LogP contribution in [0.4, 0.5) is 5.69 Å². The highest BCUT2D eigenvalue weighted by Gasteiger charge is 2.32. The van der Waals surface area contributed by atoms with Crippen LogP contribution < -0.4 is 10.5 Å². The van der Waals surface area contributed by atoms with Gasteiger partial charge in [0, 0.05) is 55.9 Å². The molecule has 6 nitrogen and oxygen atoms in total. The van der Waals surface area contributed by atoms with E-state index in [-0.39, 0.29) is 17.4 Å². The van der Waals surface area contributed by atoms with Crippen LogP contribution in [0.3, 0.4) is 0 Å². The van der Waals surface area contributed by atoms with Gasteiger partial charge >= 0.3 is 0 Å². The summed E-state index contributed by atoms with van der Waals surface area (Å²) in [6.07, 6.45) is 1.60. The second kappa shape index (κ2) is 7.97. The minimum Gasteiger partial charge on any atom is -0.368 e. The van der Waals surface area contributed by atoms with Gasteiger partial charge in [-0.15, -0.1) is 0 Å². The summed E-state index contributed by atoms with van der Waals surface area (Å²) < 4.78 is 1.64. The van der Waals surface area contributed by atoms with E-state index in [1.54, 1.807) is 23.8 Å². The largest absolute Gasteiger partial charge is 0.368 e. The van der Waals surface area contributed by atoms with Gasteiger partial charge < -0.3 is 9.80 Å². The molecular formula is C19H20Cl2N4O2S. The second-order valence-electron chi connectivity index (χ2n) is 7.06. The van der Waals surface area contributed by atoms with Crippen molar-refractivity contribution in [1.82, 2.24) is 14.5 Å². The molecule has 3 heterocycles. The summed E-state index contributed by atoms with van der Waals surface area (Å²) in [5.41, 5.74) is 1.56. The summed E-state index contributed by atoms with van der Waals surface area (Å²) >= 11 is 13.6. The number of rotatable bonds is 2. The lowest BCUT2D eigenvalue weighted by Gasteiger charge is -2.38. The minimum atomic E-state index is -0.199. The molecule has 0 N–H and O–H groups in total. The van der Waals surface area contributed by atoms with E-state index in [1.807, 2.05) is 17.0 Å². The van der Waals surface area contributed by atoms with E-state index < -0.39 is 0 Å². The Morgan fingerprint density at radius 1 is 1.18 bits per heavy atom. The molecule has 1 fully saturated rings. The fourth-order valence-corrected chi connectivity index (χ4v) is 4.91. The van der Waals surface area contributed by atoms with Gasteiger partial charge in [-0.2, -0.15) is 0 Å². The van der Waals surface area contributed by atoms with Gasteiger partial charge in [0.1, 0.15) is 0 Å². The number of benzene rings is 1. The van der Waals surface area contributed by atoms with Gasteiger partial charge in [0.25, 0.3) is 5.56 Å². The predicted molar refractivity (Wildman–Crippen MR) is 113 cm³/mol. The topological polar surface area (TPSA) is 58.4 Å². The predicted octanol–water partition coefficient (Wildman–Crippen LogP) is 2.93. The third-order valence-corrected chi connectivity index (χ3v) is 7.10. The SMILES string of the molecule is Cc1cnc2n(c1=O)C[C@@H](C(=O)N1CCN(c3ccc(Cl)c(Cl)c3)CC1)CS2. The van der Waals surface area contributed by atoms with E-state index in [1.165, 1.54) is 11.8 Å². The maximum atomic E-state index is 13.0. The van der Waals surface area contributed by atoms with Crippen LogP contribution in [0.2, 0.25) is 10.0 Å². The zero-order chi connectivity index (χ0) is 19.8. The van der Waals surface area contributed by atoms with Crippen LogP contribution >= 0.6 is 35.0 Å². The monoisotopic (exact) mass is 438 g/mol. The van der Waals surface area contributed by atoms with Crippen LogP contribution in [-0.2, 0) is 11.3 Å². The second-order valence-corrected chi connectivity index (χ2v) is 8.86. The van der Waals surface area contributed by atoms with E-state index in [4.69, 9.17) is 23.2 Å². The van der Waals surface area contributed by atoms with E-state index in [9.17, 15) is 9.59 Å². The Kier molecular flexibility index (Phi) is 5.58. The number of piperazine rings is 1. The molecular weight excluding hydrogens is 419 g/mol. The number of anilines is 1. The van der Waals surface area contributed by atoms with Crippen LogP contribution in [0.15, 0.2) is 34.3 Å². The summed E-state index contributed by atoms with van der Waals surface area (Å²) in [6.45, 7) is 4.92. The highest BCUT2D eigenvalue weighted by molar-refractivity contribution is 7.99. The number of nitrogens with zero attached hydrogens (tertiary/aromatic N) is 4. The number of aromatic nitrogens is 2. The van der Waals surface area contributed by atoms with E-state index in [0.29, 0.717) is 46.2 Å². The van der Waals surface area contributed by atoms with Crippen molar-refractivity contribution in [3.8, 4) is 0 Å². The zero-order valence-electron chi connectivity index (χ0n) is 15.4. The number of fused-ring (bicyclic) bond motifs is 1. The molecule has 0 bridgehead atoms. The molecule has 1 aromatic carbocycles. The van der Waals surface area contributed by atoms with E-state index >= 15 is 0 Å². The Morgan fingerprint density at radius 3 is 2.64 bits per heavy atom. The molecule has 1 aromatic heterocycles. The quantitative estimate of drug-likeness (QED) is 0.674. The number of aryl methyl sites for hydroxylation is 1. The van der Waals surface area contributed by atoms with Crippen molar-refractivity contribution < 1.29 is 4.79 Å². The normalized spacial score (nSPS) is 19.5. The van der Waals surface area contributed by atoms with Crippen LogP contribution in [-0.4, -0.2) is 52.3 Å². The number of hydrogen-bond donors (Lipinski definition) is 0. The van der Waals surface area contributed by atoms with Crippen molar-refractivity contribution in [3.05, 3.63) is 50.4 Å². The van der Waals surface area contributed by atoms with Crippen molar-refractivity contribution >= 4 is 46.6 Å². The van der Waals surface area contributed by atoms with Gasteiger partial charge in [0.15, 0.2) is 5.16 Å². The summed E-state index contributed by atoms with van der Waals surface area (Å²) in [5.74, 6) is 0.567. The standard InChI is InChI=1S/C19H20Cl2N4O2S/c1-12-9-22-19-25(17(12)26)10-13(11-28-19)18(27)24-6-4-23(5-7-24)14-2-3-15(20)16(21)8-14/h2-3,8-9,13H,4-7,10-11H2,1H3/t13-/m1/s1. The summed E-state index contributed by atoms with van der Waals surface area (Å²) in [4.78, 5) is 33.8. The molecule has 0 unspecified atom stereocenters. The van der Waals surface area contributed by atoms with Gasteiger partial charge in [-0.25, -0.2) is 4.98 Å². The van der Waals surface area contributed by atoms with Crippen LogP contribution in [0.1, 0.15) is 5.56 Å². The molecule has 0 saturated carbocycles. The molecule has 1 amide bonds. The summed E-state index contributed by atoms with van der Waals surface area (Å²) in [6, 6.07) is 5.60. The molecule has 2 aliphatic heterocycles. The maximum absolute atomic E-state index is 13.0. The number of carbonyl (C=O) groups is 1. The Morgan fingerprint density at radius 2 is 1.93 bits per heavy atom. The number of thioether (sulfide) groups is 1. The smallest absolute Gasteiger partial charge is 0.257 e. The zero-order valence-corrected chi connectivity index (χ0v) is 17.7. The highest BCUT2D eigenvalue weighted by atomic mass is 35.5. The van der Waals surface area contributed by atoms with Crippen LogP contribution in [0.25, 0.3) is 0 Å². The number of carbonyl (C=O) groups excluding carboxylic acids is 1. The minimum absolute atomic E-state index is 0.0561. The van der Waals surface area contributed by atoms with Crippen molar-refractivity contribution in [1.29, 1.82) is 0 Å². The van der Waals surface area contributed by atoms with Gasteiger partial charge in [-0.1, -0.05) is 35.0 Å². The Hall–Kier alpha value is -1.70. The van der Waals surface area contributed by atoms with Crippen LogP contribution in [0, 0.1) is 12.8 Å². The van der Waals surface area contributed by atoms with Crippen molar-refractivity contribution in [2.45, 2.75) is 18.6 Å². The lowest BCUT2D eigenvalue weighted by Crippen LogP contribution is -2.52. The van der Waals surface area contributed by atoms with Gasteiger partial charge in [-0.05, 0) is 25.1 Å². The fourth-order valence-electron chi connectivity index (χ4n) is 3.58. The van der Waals surface area contributed by atoms with E-state index in [2.05, 4.69) is 9.88 Å². The van der Waals surface area contributed by atoms with Crippen molar-refractivity contribution in [2.24, 2.45) is 5.92 Å². The molecule has 1 saturated heterocycles. The number of halogens is 2. The van der Waals surface area contributed by atoms with Gasteiger partial charge in [0.2, 0.25) is 5.91 Å². The Labute approximate surface area is 177 Å². The Bertz CT molecular complexity index is 973. The molecule has 28 heavy (non-hydrogen) atoms. The van der Waals surface area contributed by atoms with E-state index in [0.717, 1.165) is 18.8 Å². The first kappa shape index (κ1) is 19.6. The molecule has 148 valence electrons. The third kappa shape index (κ3) is 3.75.